The van der Waals surface area contributed by atoms with Crippen LogP contribution in [0.2, 0.25) is 0 Å². The third-order valence-electron chi connectivity index (χ3n) is 3.11. The van der Waals surface area contributed by atoms with Gasteiger partial charge in [-0.3, -0.25) is 0 Å². The Hall–Kier alpha value is -0.760. The maximum absolute atomic E-state index is 5.16. The Morgan fingerprint density at radius 1 is 1.24 bits per heavy atom. The molecule has 0 bridgehead atoms. The predicted molar refractivity (Wildman–Crippen MR) is 73.2 cm³/mol. The summed E-state index contributed by atoms with van der Waals surface area (Å²) in [6.07, 6.45) is 7.17. The highest BCUT2D eigenvalue weighted by Gasteiger charge is 2.26. The molecule has 2 nitrogen and oxygen atoms in total. The average Bonchev–Trinajstić information content (AvgIpc) is 2.67. The fourth-order valence-corrected chi connectivity index (χ4v) is 2.21. The van der Waals surface area contributed by atoms with Crippen molar-refractivity contribution in [1.29, 1.82) is 0 Å². The third kappa shape index (κ3) is 5.40. The normalized spacial score (nSPS) is 15.8. The van der Waals surface area contributed by atoms with Crippen LogP contribution in [0.3, 0.4) is 0 Å². The molecule has 1 atom stereocenters. The molecule has 1 aromatic rings. The standard InChI is InChI=1S/C15H27NO/c1-6-8-15(5,12-16-14(2,3)4)10-13-7-9-17-11-13/h7,9,11,16H,6,8,10,12H2,1-5H3. The van der Waals surface area contributed by atoms with Gasteiger partial charge in [-0.05, 0) is 50.7 Å². The molecule has 0 aliphatic heterocycles. The van der Waals surface area contributed by atoms with E-state index in [4.69, 9.17) is 4.42 Å². The van der Waals surface area contributed by atoms with Crippen molar-refractivity contribution in [3.05, 3.63) is 24.2 Å². The Balaban J connectivity index is 2.61. The van der Waals surface area contributed by atoms with Gasteiger partial charge >= 0.3 is 0 Å². The van der Waals surface area contributed by atoms with Crippen molar-refractivity contribution in [3.8, 4) is 0 Å². The smallest absolute Gasteiger partial charge is 0.0934 e. The summed E-state index contributed by atoms with van der Waals surface area (Å²) in [4.78, 5) is 0. The average molecular weight is 237 g/mol. The van der Waals surface area contributed by atoms with E-state index in [9.17, 15) is 0 Å². The van der Waals surface area contributed by atoms with Crippen LogP contribution in [0, 0.1) is 5.41 Å². The van der Waals surface area contributed by atoms with Gasteiger partial charge in [-0.2, -0.15) is 0 Å². The third-order valence-corrected chi connectivity index (χ3v) is 3.11. The van der Waals surface area contributed by atoms with Crippen molar-refractivity contribution in [2.45, 2.75) is 59.4 Å². The second-order valence-corrected chi connectivity index (χ2v) is 6.47. The van der Waals surface area contributed by atoms with Crippen LogP contribution in [-0.4, -0.2) is 12.1 Å². The van der Waals surface area contributed by atoms with E-state index in [0.29, 0.717) is 5.41 Å². The van der Waals surface area contributed by atoms with E-state index in [1.54, 1.807) is 6.26 Å². The maximum Gasteiger partial charge on any atom is 0.0934 e. The molecule has 1 rings (SSSR count). The molecule has 0 amide bonds. The molecule has 1 unspecified atom stereocenters. The highest BCUT2D eigenvalue weighted by atomic mass is 16.3. The topological polar surface area (TPSA) is 25.2 Å². The Kier molecular flexibility index (Phi) is 4.81. The van der Waals surface area contributed by atoms with E-state index in [0.717, 1.165) is 13.0 Å². The van der Waals surface area contributed by atoms with Gasteiger partial charge in [0.1, 0.15) is 0 Å². The van der Waals surface area contributed by atoms with Gasteiger partial charge in [0, 0.05) is 12.1 Å². The first-order valence-corrected chi connectivity index (χ1v) is 6.61. The first-order chi connectivity index (χ1) is 7.85. The lowest BCUT2D eigenvalue weighted by Gasteiger charge is -2.33. The first kappa shape index (κ1) is 14.3. The highest BCUT2D eigenvalue weighted by Crippen LogP contribution is 2.28. The van der Waals surface area contributed by atoms with Crippen LogP contribution in [0.15, 0.2) is 23.0 Å². The van der Waals surface area contributed by atoms with Crippen LogP contribution in [0.25, 0.3) is 0 Å². The van der Waals surface area contributed by atoms with Crippen molar-refractivity contribution in [2.24, 2.45) is 5.41 Å². The molecule has 0 aliphatic carbocycles. The summed E-state index contributed by atoms with van der Waals surface area (Å²) < 4.78 is 5.16. The summed E-state index contributed by atoms with van der Waals surface area (Å²) in [5.41, 5.74) is 1.80. The maximum atomic E-state index is 5.16. The van der Waals surface area contributed by atoms with Crippen molar-refractivity contribution in [2.75, 3.05) is 6.54 Å². The van der Waals surface area contributed by atoms with Crippen molar-refractivity contribution < 1.29 is 4.42 Å². The molecule has 0 fully saturated rings. The van der Waals surface area contributed by atoms with Crippen LogP contribution in [0.1, 0.15) is 53.0 Å². The summed E-state index contributed by atoms with van der Waals surface area (Å²) in [5, 5.41) is 3.63. The molecule has 1 N–H and O–H groups in total. The minimum atomic E-state index is 0.186. The number of nitrogens with one attached hydrogen (secondary N) is 1. The van der Waals surface area contributed by atoms with Gasteiger partial charge in [0.15, 0.2) is 0 Å². The molecule has 0 aromatic carbocycles. The lowest BCUT2D eigenvalue weighted by molar-refractivity contribution is 0.243. The molecular weight excluding hydrogens is 210 g/mol. The SMILES string of the molecule is CCCC(C)(CNC(C)(C)C)Cc1ccoc1. The van der Waals surface area contributed by atoms with Gasteiger partial charge in [-0.15, -0.1) is 0 Å². The van der Waals surface area contributed by atoms with E-state index in [1.165, 1.54) is 18.4 Å². The van der Waals surface area contributed by atoms with Gasteiger partial charge in [0.2, 0.25) is 0 Å². The zero-order valence-electron chi connectivity index (χ0n) is 12.0. The van der Waals surface area contributed by atoms with Crippen molar-refractivity contribution >= 4 is 0 Å². The molecule has 17 heavy (non-hydrogen) atoms. The van der Waals surface area contributed by atoms with E-state index in [2.05, 4.69) is 46.0 Å². The molecule has 1 aromatic heterocycles. The summed E-state index contributed by atoms with van der Waals surface area (Å²) >= 11 is 0. The fourth-order valence-electron chi connectivity index (χ4n) is 2.21. The van der Waals surface area contributed by atoms with E-state index in [1.807, 2.05) is 6.26 Å². The van der Waals surface area contributed by atoms with Crippen molar-refractivity contribution in [3.63, 3.8) is 0 Å². The fraction of sp³-hybridized carbons (Fsp3) is 0.733. The number of hydrogen-bond donors (Lipinski definition) is 1. The highest BCUT2D eigenvalue weighted by molar-refractivity contribution is 5.08. The second-order valence-electron chi connectivity index (χ2n) is 6.47. The van der Waals surface area contributed by atoms with Crippen LogP contribution in [-0.2, 0) is 6.42 Å². The lowest BCUT2D eigenvalue weighted by atomic mass is 9.79. The zero-order chi connectivity index (χ0) is 12.9. The molecular formula is C15H27NO. The molecule has 0 spiro atoms. The van der Waals surface area contributed by atoms with Crippen molar-refractivity contribution in [1.82, 2.24) is 5.32 Å². The van der Waals surface area contributed by atoms with E-state index < -0.39 is 0 Å². The first-order valence-electron chi connectivity index (χ1n) is 6.61. The van der Waals surface area contributed by atoms with E-state index >= 15 is 0 Å². The molecule has 2 heteroatoms. The summed E-state index contributed by atoms with van der Waals surface area (Å²) in [7, 11) is 0. The second kappa shape index (κ2) is 5.72. The molecule has 0 saturated carbocycles. The Morgan fingerprint density at radius 3 is 2.41 bits per heavy atom. The molecule has 0 saturated heterocycles. The lowest BCUT2D eigenvalue weighted by Crippen LogP contribution is -2.43. The monoisotopic (exact) mass is 237 g/mol. The zero-order valence-corrected chi connectivity index (χ0v) is 12.0. The quantitative estimate of drug-likeness (QED) is 0.808. The van der Waals surface area contributed by atoms with Gasteiger partial charge in [0.05, 0.1) is 12.5 Å². The summed E-state index contributed by atoms with van der Waals surface area (Å²) in [6, 6.07) is 2.07. The number of furan rings is 1. The van der Waals surface area contributed by atoms with E-state index in [-0.39, 0.29) is 5.54 Å². The molecule has 98 valence electrons. The van der Waals surface area contributed by atoms with Gasteiger partial charge in [-0.1, -0.05) is 20.3 Å². The largest absolute Gasteiger partial charge is 0.472 e. The number of rotatable bonds is 6. The van der Waals surface area contributed by atoms with Crippen LogP contribution >= 0.6 is 0 Å². The predicted octanol–water partition coefficient (Wildman–Crippen LogP) is 4.02. The van der Waals surface area contributed by atoms with Crippen LogP contribution < -0.4 is 5.32 Å². The van der Waals surface area contributed by atoms with Crippen LogP contribution in [0.5, 0.6) is 0 Å². The van der Waals surface area contributed by atoms with Crippen LogP contribution in [0.4, 0.5) is 0 Å². The van der Waals surface area contributed by atoms with Gasteiger partial charge in [0.25, 0.3) is 0 Å². The Bertz CT molecular complexity index is 310. The molecule has 0 aliphatic rings. The van der Waals surface area contributed by atoms with Gasteiger partial charge in [-0.25, -0.2) is 0 Å². The number of hydrogen-bond acceptors (Lipinski definition) is 2. The molecule has 0 radical (unpaired) electrons. The minimum absolute atomic E-state index is 0.186. The Labute approximate surface area is 106 Å². The summed E-state index contributed by atoms with van der Waals surface area (Å²) in [6.45, 7) is 12.3. The minimum Gasteiger partial charge on any atom is -0.472 e. The molecule has 1 heterocycles. The van der Waals surface area contributed by atoms with Gasteiger partial charge < -0.3 is 9.73 Å². The Morgan fingerprint density at radius 2 is 1.94 bits per heavy atom. The summed E-state index contributed by atoms with van der Waals surface area (Å²) in [5.74, 6) is 0.